The van der Waals surface area contributed by atoms with Crippen LogP contribution in [-0.2, 0) is 6.42 Å². The van der Waals surface area contributed by atoms with Crippen LogP contribution in [0.4, 0.5) is 0 Å². The summed E-state index contributed by atoms with van der Waals surface area (Å²) in [6.07, 6.45) is 8.50. The highest BCUT2D eigenvalue weighted by molar-refractivity contribution is 5.82. The van der Waals surface area contributed by atoms with E-state index in [0.29, 0.717) is 12.1 Å². The smallest absolute Gasteiger partial charge is 0.0555 e. The summed E-state index contributed by atoms with van der Waals surface area (Å²) in [5, 5.41) is 14.8. The lowest BCUT2D eigenvalue weighted by Crippen LogP contribution is -2.41. The van der Waals surface area contributed by atoms with E-state index in [0.717, 1.165) is 32.1 Å². The average molecular weight is 286 g/mol. The molecule has 3 rings (SSSR count). The van der Waals surface area contributed by atoms with Gasteiger partial charge in [-0.25, -0.2) is 0 Å². The number of aryl methyl sites for hydroxylation is 1. The Labute approximate surface area is 126 Å². The summed E-state index contributed by atoms with van der Waals surface area (Å²) in [7, 11) is 0. The lowest BCUT2D eigenvalue weighted by atomic mass is 9.92. The number of aliphatic hydroxyl groups excluding tert-OH is 1. The summed E-state index contributed by atoms with van der Waals surface area (Å²) >= 11 is 0. The third-order valence-electron chi connectivity index (χ3n) is 4.69. The van der Waals surface area contributed by atoms with E-state index in [1.54, 1.807) is 0 Å². The molecule has 0 bridgehead atoms. The minimum Gasteiger partial charge on any atom is -0.393 e. The largest absolute Gasteiger partial charge is 0.393 e. The molecule has 0 saturated heterocycles. The van der Waals surface area contributed by atoms with Gasteiger partial charge < -0.3 is 15.4 Å². The topological polar surface area (TPSA) is 48.0 Å². The fourth-order valence-corrected chi connectivity index (χ4v) is 3.51. The molecule has 3 heteroatoms. The van der Waals surface area contributed by atoms with Gasteiger partial charge in [-0.05, 0) is 57.1 Å². The number of benzene rings is 1. The van der Waals surface area contributed by atoms with Crippen molar-refractivity contribution in [2.75, 3.05) is 0 Å². The Bertz CT molecular complexity index is 577. The molecule has 3 unspecified atom stereocenters. The van der Waals surface area contributed by atoms with Gasteiger partial charge in [0.15, 0.2) is 0 Å². The second-order valence-corrected chi connectivity index (χ2v) is 6.48. The zero-order valence-corrected chi connectivity index (χ0v) is 12.8. The van der Waals surface area contributed by atoms with Gasteiger partial charge in [-0.3, -0.25) is 0 Å². The lowest BCUT2D eigenvalue weighted by molar-refractivity contribution is 0.109. The molecule has 2 aromatic rings. The number of aromatic nitrogens is 1. The lowest BCUT2D eigenvalue weighted by Gasteiger charge is -2.29. The summed E-state index contributed by atoms with van der Waals surface area (Å²) in [5.74, 6) is 0. The van der Waals surface area contributed by atoms with Crippen molar-refractivity contribution in [3.05, 3.63) is 36.0 Å². The van der Waals surface area contributed by atoms with Crippen molar-refractivity contribution < 1.29 is 5.11 Å². The summed E-state index contributed by atoms with van der Waals surface area (Å²) < 4.78 is 0. The highest BCUT2D eigenvalue weighted by atomic mass is 16.3. The zero-order chi connectivity index (χ0) is 14.7. The number of nitrogens with one attached hydrogen (secondary N) is 2. The highest BCUT2D eigenvalue weighted by Crippen LogP contribution is 2.21. The molecule has 3 N–H and O–H groups in total. The molecule has 0 spiro atoms. The third kappa shape index (κ3) is 3.66. The minimum atomic E-state index is -0.0999. The maximum absolute atomic E-state index is 9.75. The Hall–Kier alpha value is -1.32. The van der Waals surface area contributed by atoms with Crippen molar-refractivity contribution in [2.45, 2.75) is 63.6 Å². The molecular weight excluding hydrogens is 260 g/mol. The fraction of sp³-hybridized carbons (Fsp3) is 0.556. The van der Waals surface area contributed by atoms with Crippen molar-refractivity contribution in [2.24, 2.45) is 0 Å². The van der Waals surface area contributed by atoms with Gasteiger partial charge in [0, 0.05) is 29.2 Å². The summed E-state index contributed by atoms with van der Waals surface area (Å²) in [4.78, 5) is 3.35. The molecule has 0 radical (unpaired) electrons. The predicted molar refractivity (Wildman–Crippen MR) is 87.5 cm³/mol. The highest BCUT2D eigenvalue weighted by Gasteiger charge is 2.21. The molecule has 1 fully saturated rings. The van der Waals surface area contributed by atoms with Gasteiger partial charge in [0.2, 0.25) is 0 Å². The first-order valence-electron chi connectivity index (χ1n) is 8.21. The van der Waals surface area contributed by atoms with E-state index in [4.69, 9.17) is 0 Å². The molecule has 1 heterocycles. The predicted octanol–water partition coefficient (Wildman–Crippen LogP) is 3.38. The van der Waals surface area contributed by atoms with Gasteiger partial charge in [0.1, 0.15) is 0 Å². The fourth-order valence-electron chi connectivity index (χ4n) is 3.51. The molecule has 0 aliphatic heterocycles. The number of aromatic amines is 1. The molecule has 1 saturated carbocycles. The summed E-state index contributed by atoms with van der Waals surface area (Å²) in [6, 6.07) is 9.48. The number of H-pyrrole nitrogens is 1. The molecule has 0 amide bonds. The molecule has 21 heavy (non-hydrogen) atoms. The van der Waals surface area contributed by atoms with Crippen molar-refractivity contribution in [1.29, 1.82) is 0 Å². The first kappa shape index (κ1) is 14.6. The second-order valence-electron chi connectivity index (χ2n) is 6.48. The SMILES string of the molecule is CC(CCc1c[nH]c2ccccc12)NC1CCCC(O)C1. The van der Waals surface area contributed by atoms with Gasteiger partial charge in [0.25, 0.3) is 0 Å². The molecule has 1 aliphatic carbocycles. The molecule has 1 aliphatic rings. The minimum absolute atomic E-state index is 0.0999. The van der Waals surface area contributed by atoms with E-state index in [9.17, 15) is 5.11 Å². The average Bonchev–Trinajstić information content (AvgIpc) is 2.88. The van der Waals surface area contributed by atoms with E-state index >= 15 is 0 Å². The van der Waals surface area contributed by atoms with Gasteiger partial charge in [-0.2, -0.15) is 0 Å². The van der Waals surface area contributed by atoms with E-state index in [1.807, 2.05) is 0 Å². The van der Waals surface area contributed by atoms with E-state index in [-0.39, 0.29) is 6.10 Å². The number of fused-ring (bicyclic) bond motifs is 1. The van der Waals surface area contributed by atoms with Gasteiger partial charge in [-0.1, -0.05) is 18.2 Å². The molecular formula is C18H26N2O. The van der Waals surface area contributed by atoms with E-state index in [1.165, 1.54) is 22.9 Å². The molecule has 1 aromatic heterocycles. The van der Waals surface area contributed by atoms with Crippen molar-refractivity contribution in [3.63, 3.8) is 0 Å². The Morgan fingerprint density at radius 3 is 3.05 bits per heavy atom. The van der Waals surface area contributed by atoms with E-state index < -0.39 is 0 Å². The maximum Gasteiger partial charge on any atom is 0.0555 e. The van der Waals surface area contributed by atoms with E-state index in [2.05, 4.69) is 47.7 Å². The third-order valence-corrected chi connectivity index (χ3v) is 4.69. The Kier molecular flexibility index (Phi) is 4.61. The van der Waals surface area contributed by atoms with Crippen molar-refractivity contribution >= 4 is 10.9 Å². The number of aliphatic hydroxyl groups is 1. The second kappa shape index (κ2) is 6.63. The first-order valence-corrected chi connectivity index (χ1v) is 8.21. The van der Waals surface area contributed by atoms with Gasteiger partial charge in [-0.15, -0.1) is 0 Å². The van der Waals surface area contributed by atoms with Crippen LogP contribution in [-0.4, -0.2) is 28.3 Å². The van der Waals surface area contributed by atoms with Gasteiger partial charge >= 0.3 is 0 Å². The Morgan fingerprint density at radius 2 is 2.19 bits per heavy atom. The van der Waals surface area contributed by atoms with Gasteiger partial charge in [0.05, 0.1) is 6.10 Å². The van der Waals surface area contributed by atoms with Crippen molar-refractivity contribution in [1.82, 2.24) is 10.3 Å². The van der Waals surface area contributed by atoms with Crippen LogP contribution in [0.2, 0.25) is 0 Å². The number of rotatable bonds is 5. The molecule has 3 atom stereocenters. The summed E-state index contributed by atoms with van der Waals surface area (Å²) in [5.41, 5.74) is 2.63. The van der Waals surface area contributed by atoms with Crippen LogP contribution in [0.3, 0.4) is 0 Å². The first-order chi connectivity index (χ1) is 10.2. The maximum atomic E-state index is 9.75. The Morgan fingerprint density at radius 1 is 1.33 bits per heavy atom. The van der Waals surface area contributed by atoms with Crippen LogP contribution in [0.1, 0.15) is 44.6 Å². The zero-order valence-electron chi connectivity index (χ0n) is 12.8. The standard InChI is InChI=1S/C18H26N2O/c1-13(20-15-5-4-6-16(21)11-15)9-10-14-12-19-18-8-3-2-7-17(14)18/h2-3,7-8,12-13,15-16,19-21H,4-6,9-11H2,1H3. The number of hydrogen-bond acceptors (Lipinski definition) is 2. The normalized spacial score (nSPS) is 24.3. The molecule has 114 valence electrons. The number of para-hydroxylation sites is 1. The summed E-state index contributed by atoms with van der Waals surface area (Å²) in [6.45, 7) is 2.26. The van der Waals surface area contributed by atoms with Crippen LogP contribution in [0.15, 0.2) is 30.5 Å². The molecule has 1 aromatic carbocycles. The van der Waals surface area contributed by atoms with Crippen LogP contribution >= 0.6 is 0 Å². The van der Waals surface area contributed by atoms with Crippen molar-refractivity contribution in [3.8, 4) is 0 Å². The number of hydrogen-bond donors (Lipinski definition) is 3. The Balaban J connectivity index is 1.52. The van der Waals surface area contributed by atoms with Crippen LogP contribution in [0.25, 0.3) is 10.9 Å². The van der Waals surface area contributed by atoms with Crippen LogP contribution in [0, 0.1) is 0 Å². The van der Waals surface area contributed by atoms with Crippen LogP contribution in [0.5, 0.6) is 0 Å². The van der Waals surface area contributed by atoms with Crippen LogP contribution < -0.4 is 5.32 Å². The quantitative estimate of drug-likeness (QED) is 0.789. The monoisotopic (exact) mass is 286 g/mol. The molecule has 3 nitrogen and oxygen atoms in total.